The maximum absolute atomic E-state index is 13.0. The number of halogens is 1. The SMILES string of the molecule is O=C(c1ccc(Cl)cc1)c1nc2ccccc2n1-c1ccc(O)cc1. The highest BCUT2D eigenvalue weighted by molar-refractivity contribution is 6.30. The molecule has 25 heavy (non-hydrogen) atoms. The largest absolute Gasteiger partial charge is 0.508 e. The summed E-state index contributed by atoms with van der Waals surface area (Å²) >= 11 is 5.91. The minimum atomic E-state index is -0.194. The number of carbonyl (C=O) groups is 1. The second kappa shape index (κ2) is 6.07. The highest BCUT2D eigenvalue weighted by Gasteiger charge is 2.20. The first kappa shape index (κ1) is 15.4. The minimum absolute atomic E-state index is 0.166. The van der Waals surface area contributed by atoms with Crippen LogP contribution in [0.2, 0.25) is 5.02 Å². The fourth-order valence-electron chi connectivity index (χ4n) is 2.77. The third kappa shape index (κ3) is 2.77. The molecule has 0 saturated carbocycles. The molecule has 3 aromatic carbocycles. The van der Waals surface area contributed by atoms with Gasteiger partial charge in [0.1, 0.15) is 5.75 Å². The maximum Gasteiger partial charge on any atom is 0.228 e. The number of phenols is 1. The van der Waals surface area contributed by atoms with E-state index in [0.29, 0.717) is 16.4 Å². The van der Waals surface area contributed by atoms with Crippen molar-refractivity contribution in [3.8, 4) is 11.4 Å². The van der Waals surface area contributed by atoms with Crippen LogP contribution < -0.4 is 0 Å². The van der Waals surface area contributed by atoms with E-state index in [-0.39, 0.29) is 11.5 Å². The van der Waals surface area contributed by atoms with Crippen LogP contribution in [-0.4, -0.2) is 20.4 Å². The predicted molar refractivity (Wildman–Crippen MR) is 97.6 cm³/mol. The van der Waals surface area contributed by atoms with Crippen LogP contribution in [0.25, 0.3) is 16.7 Å². The van der Waals surface area contributed by atoms with Crippen LogP contribution in [0.4, 0.5) is 0 Å². The van der Waals surface area contributed by atoms with E-state index in [9.17, 15) is 9.90 Å². The van der Waals surface area contributed by atoms with Gasteiger partial charge in [-0.15, -0.1) is 0 Å². The van der Waals surface area contributed by atoms with Crippen molar-refractivity contribution in [1.29, 1.82) is 0 Å². The second-order valence-corrected chi connectivity index (χ2v) is 6.05. The van der Waals surface area contributed by atoms with Gasteiger partial charge in [0, 0.05) is 16.3 Å². The van der Waals surface area contributed by atoms with Crippen molar-refractivity contribution in [1.82, 2.24) is 9.55 Å². The van der Waals surface area contributed by atoms with Gasteiger partial charge in [0.2, 0.25) is 5.78 Å². The molecule has 1 heterocycles. The number of imidazole rings is 1. The number of carbonyl (C=O) groups excluding carboxylic acids is 1. The van der Waals surface area contributed by atoms with E-state index in [0.717, 1.165) is 16.7 Å². The molecule has 0 aliphatic carbocycles. The zero-order valence-corrected chi connectivity index (χ0v) is 13.8. The van der Waals surface area contributed by atoms with Gasteiger partial charge in [0.25, 0.3) is 0 Å². The number of aromatic nitrogens is 2. The molecule has 0 fully saturated rings. The molecule has 1 N–H and O–H groups in total. The molecule has 0 aliphatic rings. The Labute approximate surface area is 148 Å². The molecule has 0 saturated heterocycles. The van der Waals surface area contributed by atoms with Gasteiger partial charge in [-0.1, -0.05) is 23.7 Å². The molecule has 0 unspecified atom stereocenters. The summed E-state index contributed by atoms with van der Waals surface area (Å²) in [7, 11) is 0. The molecule has 4 nitrogen and oxygen atoms in total. The van der Waals surface area contributed by atoms with Crippen LogP contribution in [0.3, 0.4) is 0 Å². The van der Waals surface area contributed by atoms with E-state index in [1.54, 1.807) is 53.1 Å². The maximum atomic E-state index is 13.0. The van der Waals surface area contributed by atoms with Gasteiger partial charge in [-0.25, -0.2) is 4.98 Å². The van der Waals surface area contributed by atoms with Crippen molar-refractivity contribution >= 4 is 28.4 Å². The first-order chi connectivity index (χ1) is 12.1. The summed E-state index contributed by atoms with van der Waals surface area (Å²) in [5, 5.41) is 10.1. The van der Waals surface area contributed by atoms with Crippen molar-refractivity contribution in [2.75, 3.05) is 0 Å². The number of ketones is 1. The number of nitrogens with zero attached hydrogens (tertiary/aromatic N) is 2. The zero-order valence-electron chi connectivity index (χ0n) is 13.1. The summed E-state index contributed by atoms with van der Waals surface area (Å²) < 4.78 is 1.80. The van der Waals surface area contributed by atoms with Gasteiger partial charge >= 0.3 is 0 Å². The van der Waals surface area contributed by atoms with Crippen LogP contribution in [0, 0.1) is 0 Å². The highest BCUT2D eigenvalue weighted by Crippen LogP contribution is 2.25. The molecule has 122 valence electrons. The summed E-state index contributed by atoms with van der Waals surface area (Å²) in [6, 6.07) is 21.0. The van der Waals surface area contributed by atoms with Gasteiger partial charge in [0.05, 0.1) is 11.0 Å². The van der Waals surface area contributed by atoms with E-state index >= 15 is 0 Å². The fraction of sp³-hybridized carbons (Fsp3) is 0. The number of hydrogen-bond acceptors (Lipinski definition) is 3. The van der Waals surface area contributed by atoms with Crippen molar-refractivity contribution in [2.45, 2.75) is 0 Å². The Morgan fingerprint density at radius 1 is 0.920 bits per heavy atom. The normalized spacial score (nSPS) is 10.9. The molecular formula is C20H13ClN2O2. The Bertz CT molecular complexity index is 1070. The Balaban J connectivity index is 1.94. The average molecular weight is 349 g/mol. The minimum Gasteiger partial charge on any atom is -0.508 e. The molecule has 0 bridgehead atoms. The van der Waals surface area contributed by atoms with Gasteiger partial charge in [-0.05, 0) is 60.7 Å². The number of fused-ring (bicyclic) bond motifs is 1. The number of phenolic OH excluding ortho intramolecular Hbond substituents is 1. The molecule has 4 aromatic rings. The van der Waals surface area contributed by atoms with E-state index in [4.69, 9.17) is 11.6 Å². The monoisotopic (exact) mass is 348 g/mol. The Kier molecular flexibility index (Phi) is 3.75. The lowest BCUT2D eigenvalue weighted by atomic mass is 10.1. The Morgan fingerprint density at radius 2 is 1.60 bits per heavy atom. The standard InChI is InChI=1S/C20H13ClN2O2/c21-14-7-5-13(6-8-14)19(25)20-22-17-3-1-2-4-18(17)23(20)15-9-11-16(24)12-10-15/h1-12,24H. The molecule has 0 radical (unpaired) electrons. The summed E-state index contributed by atoms with van der Waals surface area (Å²) in [6.45, 7) is 0. The van der Waals surface area contributed by atoms with Gasteiger partial charge in [-0.2, -0.15) is 0 Å². The van der Waals surface area contributed by atoms with Crippen LogP contribution in [0.15, 0.2) is 72.8 Å². The molecule has 0 amide bonds. The number of rotatable bonds is 3. The summed E-state index contributed by atoms with van der Waals surface area (Å²) in [4.78, 5) is 17.5. The smallest absolute Gasteiger partial charge is 0.228 e. The van der Waals surface area contributed by atoms with Gasteiger partial charge in [-0.3, -0.25) is 9.36 Å². The second-order valence-electron chi connectivity index (χ2n) is 5.61. The first-order valence-electron chi connectivity index (χ1n) is 7.70. The van der Waals surface area contributed by atoms with Crippen LogP contribution in [0.1, 0.15) is 16.2 Å². The lowest BCUT2D eigenvalue weighted by molar-refractivity contribution is 0.102. The van der Waals surface area contributed by atoms with Crippen LogP contribution >= 0.6 is 11.6 Å². The number of para-hydroxylation sites is 2. The quantitative estimate of drug-likeness (QED) is 0.550. The van der Waals surface area contributed by atoms with E-state index in [2.05, 4.69) is 4.98 Å². The fourth-order valence-corrected chi connectivity index (χ4v) is 2.90. The lowest BCUT2D eigenvalue weighted by Crippen LogP contribution is -2.10. The molecule has 5 heteroatoms. The Morgan fingerprint density at radius 3 is 2.32 bits per heavy atom. The molecule has 0 spiro atoms. The van der Waals surface area contributed by atoms with Crippen molar-refractivity contribution < 1.29 is 9.90 Å². The summed E-state index contributed by atoms with van der Waals surface area (Å²) in [5.74, 6) is 0.286. The number of aromatic hydroxyl groups is 1. The highest BCUT2D eigenvalue weighted by atomic mass is 35.5. The molecular weight excluding hydrogens is 336 g/mol. The van der Waals surface area contributed by atoms with Gasteiger partial charge in [0.15, 0.2) is 5.82 Å². The third-order valence-electron chi connectivity index (χ3n) is 3.98. The van der Waals surface area contributed by atoms with Crippen molar-refractivity contribution in [3.63, 3.8) is 0 Å². The van der Waals surface area contributed by atoms with E-state index < -0.39 is 0 Å². The number of hydrogen-bond donors (Lipinski definition) is 1. The molecule has 4 rings (SSSR count). The summed E-state index contributed by atoms with van der Waals surface area (Å²) in [6.07, 6.45) is 0. The summed E-state index contributed by atoms with van der Waals surface area (Å²) in [5.41, 5.74) is 2.82. The van der Waals surface area contributed by atoms with Crippen LogP contribution in [-0.2, 0) is 0 Å². The van der Waals surface area contributed by atoms with E-state index in [1.165, 1.54) is 0 Å². The van der Waals surface area contributed by atoms with Crippen LogP contribution in [0.5, 0.6) is 5.75 Å². The molecule has 0 aliphatic heterocycles. The van der Waals surface area contributed by atoms with E-state index in [1.807, 2.05) is 24.3 Å². The Hall–Kier alpha value is -3.11. The van der Waals surface area contributed by atoms with Crippen molar-refractivity contribution in [2.24, 2.45) is 0 Å². The third-order valence-corrected chi connectivity index (χ3v) is 4.23. The zero-order chi connectivity index (χ0) is 17.4. The predicted octanol–water partition coefficient (Wildman–Crippen LogP) is 4.62. The average Bonchev–Trinajstić information content (AvgIpc) is 3.02. The molecule has 1 aromatic heterocycles. The first-order valence-corrected chi connectivity index (χ1v) is 8.08. The van der Waals surface area contributed by atoms with Gasteiger partial charge < -0.3 is 5.11 Å². The number of benzene rings is 3. The topological polar surface area (TPSA) is 55.1 Å². The lowest BCUT2D eigenvalue weighted by Gasteiger charge is -2.09. The molecule has 0 atom stereocenters. The van der Waals surface area contributed by atoms with Crippen molar-refractivity contribution in [3.05, 3.63) is 89.2 Å².